The van der Waals surface area contributed by atoms with E-state index in [1.54, 1.807) is 29.2 Å². The molecule has 0 spiro atoms. The molecule has 0 atom stereocenters. The van der Waals surface area contributed by atoms with E-state index in [4.69, 9.17) is 9.47 Å². The lowest BCUT2D eigenvalue weighted by Crippen LogP contribution is -2.42. The maximum Gasteiger partial charge on any atom is 0.258 e. The molecule has 35 heavy (non-hydrogen) atoms. The molecule has 5 rings (SSSR count). The molecular weight excluding hydrogens is 449 g/mol. The van der Waals surface area contributed by atoms with Crippen LogP contribution in [0.15, 0.2) is 60.8 Å². The van der Waals surface area contributed by atoms with Gasteiger partial charge in [-0.3, -0.25) is 14.5 Å². The number of hydrogen-bond acceptors (Lipinski definition) is 6. The maximum atomic E-state index is 13.1. The van der Waals surface area contributed by atoms with E-state index in [0.717, 1.165) is 25.1 Å². The zero-order valence-electron chi connectivity index (χ0n) is 19.3. The number of carbonyl (C=O) groups is 2. The summed E-state index contributed by atoms with van der Waals surface area (Å²) < 4.78 is 24.5. The highest BCUT2D eigenvalue weighted by molar-refractivity contribution is 5.99. The SMILES string of the molecule is O=C(CN1CCc2ccccc2C1)CN1CCOc2cc(OCc3ccc(F)nc3)ccc2C1=O. The van der Waals surface area contributed by atoms with Crippen LogP contribution >= 0.6 is 0 Å². The number of pyridine rings is 1. The summed E-state index contributed by atoms with van der Waals surface area (Å²) >= 11 is 0. The van der Waals surface area contributed by atoms with Gasteiger partial charge < -0.3 is 14.4 Å². The standard InChI is InChI=1S/C27H26FN3O4/c28-26-8-5-19(14-29-26)18-35-23-6-7-24-25(13-23)34-12-11-31(27(24)33)17-22(32)16-30-10-9-20-3-1-2-4-21(20)15-30/h1-8,13-14H,9-12,15-18H2. The third-order valence-corrected chi connectivity index (χ3v) is 6.26. The van der Waals surface area contributed by atoms with Gasteiger partial charge in [0.25, 0.3) is 5.91 Å². The van der Waals surface area contributed by atoms with E-state index in [-0.39, 0.29) is 31.4 Å². The van der Waals surface area contributed by atoms with Crippen molar-refractivity contribution in [3.8, 4) is 11.5 Å². The molecule has 8 heteroatoms. The van der Waals surface area contributed by atoms with Gasteiger partial charge in [0.15, 0.2) is 5.78 Å². The van der Waals surface area contributed by atoms with Gasteiger partial charge in [-0.2, -0.15) is 4.39 Å². The molecule has 7 nitrogen and oxygen atoms in total. The monoisotopic (exact) mass is 475 g/mol. The van der Waals surface area contributed by atoms with Crippen LogP contribution in [0.2, 0.25) is 0 Å². The molecule has 1 amide bonds. The minimum absolute atomic E-state index is 0.00837. The summed E-state index contributed by atoms with van der Waals surface area (Å²) in [4.78, 5) is 33.3. The smallest absolute Gasteiger partial charge is 0.258 e. The Labute approximate surface area is 203 Å². The lowest BCUT2D eigenvalue weighted by atomic mass is 10.00. The van der Waals surface area contributed by atoms with E-state index in [1.807, 2.05) is 12.1 Å². The first kappa shape index (κ1) is 23.0. The van der Waals surface area contributed by atoms with Crippen LogP contribution in [0, 0.1) is 5.95 Å². The largest absolute Gasteiger partial charge is 0.491 e. The highest BCUT2D eigenvalue weighted by Gasteiger charge is 2.27. The molecule has 0 saturated carbocycles. The highest BCUT2D eigenvalue weighted by Crippen LogP contribution is 2.28. The van der Waals surface area contributed by atoms with E-state index in [1.165, 1.54) is 23.4 Å². The van der Waals surface area contributed by atoms with Crippen molar-refractivity contribution in [2.24, 2.45) is 0 Å². The molecule has 2 aromatic carbocycles. The Balaban J connectivity index is 1.19. The molecule has 0 saturated heterocycles. The first-order chi connectivity index (χ1) is 17.0. The highest BCUT2D eigenvalue weighted by atomic mass is 19.1. The van der Waals surface area contributed by atoms with Crippen LogP contribution < -0.4 is 9.47 Å². The van der Waals surface area contributed by atoms with Gasteiger partial charge in [-0.05, 0) is 41.8 Å². The van der Waals surface area contributed by atoms with Crippen LogP contribution in [0.1, 0.15) is 27.0 Å². The number of Topliss-reactive ketones (excluding diaryl/α,β-unsaturated/α-hetero) is 1. The third kappa shape index (κ3) is 5.49. The first-order valence-corrected chi connectivity index (χ1v) is 11.7. The molecule has 2 aliphatic heterocycles. The van der Waals surface area contributed by atoms with Gasteiger partial charge in [0, 0.05) is 30.9 Å². The quantitative estimate of drug-likeness (QED) is 0.489. The zero-order valence-corrected chi connectivity index (χ0v) is 19.3. The van der Waals surface area contributed by atoms with Crippen molar-refractivity contribution in [2.75, 3.05) is 32.8 Å². The molecule has 0 unspecified atom stereocenters. The number of aromatic nitrogens is 1. The summed E-state index contributed by atoms with van der Waals surface area (Å²) in [5.74, 6) is 0.177. The van der Waals surface area contributed by atoms with Gasteiger partial charge >= 0.3 is 0 Å². The number of nitrogens with zero attached hydrogens (tertiary/aromatic N) is 3. The van der Waals surface area contributed by atoms with Crippen molar-refractivity contribution in [1.82, 2.24) is 14.8 Å². The first-order valence-electron chi connectivity index (χ1n) is 11.7. The Bertz CT molecular complexity index is 1230. The molecule has 0 fully saturated rings. The van der Waals surface area contributed by atoms with Crippen molar-refractivity contribution < 1.29 is 23.5 Å². The fourth-order valence-corrected chi connectivity index (χ4v) is 4.44. The summed E-state index contributed by atoms with van der Waals surface area (Å²) in [5, 5.41) is 0. The summed E-state index contributed by atoms with van der Waals surface area (Å²) in [6.07, 6.45) is 2.34. The average molecular weight is 476 g/mol. The number of benzene rings is 2. The Morgan fingerprint density at radius 2 is 1.91 bits per heavy atom. The maximum absolute atomic E-state index is 13.1. The Hall–Kier alpha value is -3.78. The summed E-state index contributed by atoms with van der Waals surface area (Å²) in [6.45, 7) is 2.78. The second-order valence-corrected chi connectivity index (χ2v) is 8.78. The lowest BCUT2D eigenvalue weighted by molar-refractivity contribution is -0.121. The van der Waals surface area contributed by atoms with Crippen molar-refractivity contribution in [3.05, 3.63) is 89.0 Å². The molecule has 0 aliphatic carbocycles. The van der Waals surface area contributed by atoms with Crippen LogP contribution in [0.25, 0.3) is 0 Å². The Morgan fingerprint density at radius 1 is 1.06 bits per heavy atom. The number of halogens is 1. The van der Waals surface area contributed by atoms with E-state index in [9.17, 15) is 14.0 Å². The number of fused-ring (bicyclic) bond motifs is 2. The van der Waals surface area contributed by atoms with Gasteiger partial charge in [-0.1, -0.05) is 24.3 Å². The van der Waals surface area contributed by atoms with Gasteiger partial charge in [-0.25, -0.2) is 4.98 Å². The van der Waals surface area contributed by atoms with Gasteiger partial charge in [0.1, 0.15) is 24.7 Å². The van der Waals surface area contributed by atoms with Gasteiger partial charge in [-0.15, -0.1) is 0 Å². The predicted molar refractivity (Wildman–Crippen MR) is 127 cm³/mol. The molecule has 1 aromatic heterocycles. The minimum atomic E-state index is -0.546. The van der Waals surface area contributed by atoms with Gasteiger partial charge in [0.05, 0.1) is 25.2 Å². The number of rotatable bonds is 7. The van der Waals surface area contributed by atoms with E-state index in [2.05, 4.69) is 22.0 Å². The minimum Gasteiger partial charge on any atom is -0.491 e. The Morgan fingerprint density at radius 3 is 2.74 bits per heavy atom. The summed E-state index contributed by atoms with van der Waals surface area (Å²) in [6, 6.07) is 16.2. The predicted octanol–water partition coefficient (Wildman–Crippen LogP) is 3.26. The second-order valence-electron chi connectivity index (χ2n) is 8.78. The van der Waals surface area contributed by atoms with Crippen molar-refractivity contribution in [2.45, 2.75) is 19.6 Å². The topological polar surface area (TPSA) is 72.0 Å². The fraction of sp³-hybridized carbons (Fsp3) is 0.296. The summed E-state index contributed by atoms with van der Waals surface area (Å²) in [5.41, 5.74) is 3.72. The average Bonchev–Trinajstić information content (AvgIpc) is 3.02. The molecule has 0 radical (unpaired) electrons. The molecule has 2 aliphatic rings. The second kappa shape index (κ2) is 10.2. The van der Waals surface area contributed by atoms with E-state index < -0.39 is 5.95 Å². The molecule has 180 valence electrons. The normalized spacial score (nSPS) is 15.6. The Kier molecular flexibility index (Phi) is 6.72. The van der Waals surface area contributed by atoms with Crippen molar-refractivity contribution in [1.29, 1.82) is 0 Å². The molecular formula is C27H26FN3O4. The number of hydrogen-bond donors (Lipinski definition) is 0. The molecule has 0 N–H and O–H groups in total. The van der Waals surface area contributed by atoms with E-state index in [0.29, 0.717) is 30.2 Å². The fourth-order valence-electron chi connectivity index (χ4n) is 4.44. The molecule has 0 bridgehead atoms. The van der Waals surface area contributed by atoms with Crippen molar-refractivity contribution in [3.63, 3.8) is 0 Å². The van der Waals surface area contributed by atoms with Crippen LogP contribution in [-0.4, -0.2) is 59.3 Å². The van der Waals surface area contributed by atoms with Crippen LogP contribution in [-0.2, 0) is 24.4 Å². The van der Waals surface area contributed by atoms with Crippen LogP contribution in [0.3, 0.4) is 0 Å². The zero-order chi connectivity index (χ0) is 24.2. The number of ether oxygens (including phenoxy) is 2. The third-order valence-electron chi connectivity index (χ3n) is 6.26. The van der Waals surface area contributed by atoms with Crippen molar-refractivity contribution >= 4 is 11.7 Å². The molecule has 3 aromatic rings. The summed E-state index contributed by atoms with van der Waals surface area (Å²) in [7, 11) is 0. The van der Waals surface area contributed by atoms with Crippen LogP contribution in [0.5, 0.6) is 11.5 Å². The molecule has 3 heterocycles. The number of amides is 1. The lowest BCUT2D eigenvalue weighted by Gasteiger charge is -2.29. The number of ketones is 1. The van der Waals surface area contributed by atoms with Gasteiger partial charge in [0.2, 0.25) is 5.95 Å². The van der Waals surface area contributed by atoms with E-state index >= 15 is 0 Å². The van der Waals surface area contributed by atoms with Crippen LogP contribution in [0.4, 0.5) is 4.39 Å². The number of carbonyl (C=O) groups excluding carboxylic acids is 2.